The van der Waals surface area contributed by atoms with Crippen LogP contribution in [0.2, 0.25) is 5.02 Å². The van der Waals surface area contributed by atoms with E-state index < -0.39 is 34.1 Å². The van der Waals surface area contributed by atoms with Crippen LogP contribution in [-0.4, -0.2) is 50.4 Å². The average Bonchev–Trinajstić information content (AvgIpc) is 2.90. The molecule has 0 radical (unpaired) electrons. The number of ether oxygens (including phenoxy) is 1. The predicted octanol–water partition coefficient (Wildman–Crippen LogP) is 5.18. The van der Waals surface area contributed by atoms with Crippen molar-refractivity contribution in [1.82, 2.24) is 10.2 Å². The number of carbonyl (C=O) groups is 2. The molecule has 10 heteroatoms. The van der Waals surface area contributed by atoms with Gasteiger partial charge >= 0.3 is 0 Å². The number of carbonyl (C=O) groups excluding carboxylic acids is 2. The summed E-state index contributed by atoms with van der Waals surface area (Å²) in [6.45, 7) is 8.57. The van der Waals surface area contributed by atoms with Crippen molar-refractivity contribution in [3.8, 4) is 5.75 Å². The number of benzene rings is 3. The van der Waals surface area contributed by atoms with Crippen LogP contribution in [0.4, 0.5) is 5.69 Å². The zero-order valence-electron chi connectivity index (χ0n) is 23.6. The summed E-state index contributed by atoms with van der Waals surface area (Å²) in [5, 5.41) is 3.44. The molecule has 0 saturated carbocycles. The number of hydrogen-bond donors (Lipinski definition) is 1. The van der Waals surface area contributed by atoms with Gasteiger partial charge in [-0.15, -0.1) is 0 Å². The monoisotopic (exact) mass is 585 g/mol. The molecule has 0 aliphatic rings. The first-order chi connectivity index (χ1) is 18.7. The van der Waals surface area contributed by atoms with Crippen molar-refractivity contribution in [3.05, 3.63) is 88.9 Å². The Bertz CT molecular complexity index is 1440. The van der Waals surface area contributed by atoms with Gasteiger partial charge in [-0.25, -0.2) is 8.42 Å². The molecule has 3 aromatic rings. The lowest BCUT2D eigenvalue weighted by Gasteiger charge is -2.33. The summed E-state index contributed by atoms with van der Waals surface area (Å²) in [5.41, 5.74) is 1.37. The van der Waals surface area contributed by atoms with Gasteiger partial charge in [-0.05, 0) is 76.6 Å². The van der Waals surface area contributed by atoms with Gasteiger partial charge in [0, 0.05) is 23.2 Å². The van der Waals surface area contributed by atoms with Crippen molar-refractivity contribution < 1.29 is 22.7 Å². The summed E-state index contributed by atoms with van der Waals surface area (Å²) in [6, 6.07) is 18.9. The third-order valence-electron chi connectivity index (χ3n) is 6.16. The number of rotatable bonds is 10. The molecule has 0 aromatic heterocycles. The fraction of sp³-hybridized carbons (Fsp3) is 0.333. The van der Waals surface area contributed by atoms with Crippen LogP contribution in [0.25, 0.3) is 0 Å². The van der Waals surface area contributed by atoms with Crippen LogP contribution in [0.1, 0.15) is 38.8 Å². The SMILES string of the molecule is COc1cccc(N(CC(=O)N(Cc2ccc(Cl)cc2)[C@@H](C)C(=O)NC(C)(C)C)S(=O)(=O)c2ccc(C)cc2)c1. The molecule has 0 spiro atoms. The average molecular weight is 586 g/mol. The van der Waals surface area contributed by atoms with E-state index in [1.807, 2.05) is 27.7 Å². The standard InChI is InChI=1S/C30H36ClN3O5S/c1-21-10-16-27(17-11-21)40(37,38)34(25-8-7-9-26(18-25)39-6)20-28(35)33(19-23-12-14-24(31)15-13-23)22(2)29(36)32-30(3,4)5/h7-18,22H,19-20H2,1-6H3,(H,32,36)/t22-/m0/s1. The molecule has 0 bridgehead atoms. The summed E-state index contributed by atoms with van der Waals surface area (Å²) in [6.07, 6.45) is 0. The lowest BCUT2D eigenvalue weighted by atomic mass is 10.1. The van der Waals surface area contributed by atoms with Gasteiger partial charge in [-0.2, -0.15) is 0 Å². The highest BCUT2D eigenvalue weighted by Gasteiger charge is 2.33. The first kappa shape index (κ1) is 31.0. The van der Waals surface area contributed by atoms with Gasteiger partial charge in [-0.3, -0.25) is 13.9 Å². The van der Waals surface area contributed by atoms with Crippen LogP contribution < -0.4 is 14.4 Å². The number of nitrogens with one attached hydrogen (secondary N) is 1. The number of amides is 2. The summed E-state index contributed by atoms with van der Waals surface area (Å²) in [7, 11) is -2.69. The van der Waals surface area contributed by atoms with Crippen molar-refractivity contribution >= 4 is 39.1 Å². The molecule has 0 unspecified atom stereocenters. The van der Waals surface area contributed by atoms with Gasteiger partial charge in [0.1, 0.15) is 18.3 Å². The number of methoxy groups -OCH3 is 1. The van der Waals surface area contributed by atoms with E-state index >= 15 is 0 Å². The van der Waals surface area contributed by atoms with Gasteiger partial charge in [0.25, 0.3) is 10.0 Å². The number of hydrogen-bond acceptors (Lipinski definition) is 5. The summed E-state index contributed by atoms with van der Waals surface area (Å²) < 4.78 is 34.2. The van der Waals surface area contributed by atoms with E-state index in [-0.39, 0.29) is 23.0 Å². The minimum Gasteiger partial charge on any atom is -0.497 e. The molecule has 0 heterocycles. The van der Waals surface area contributed by atoms with Crippen molar-refractivity contribution in [2.24, 2.45) is 0 Å². The van der Waals surface area contributed by atoms with Crippen LogP contribution in [-0.2, 0) is 26.2 Å². The van der Waals surface area contributed by atoms with Crippen molar-refractivity contribution in [1.29, 1.82) is 0 Å². The number of nitrogens with zero attached hydrogens (tertiary/aromatic N) is 2. The molecule has 1 atom stereocenters. The van der Waals surface area contributed by atoms with E-state index in [0.717, 1.165) is 15.4 Å². The highest BCUT2D eigenvalue weighted by Crippen LogP contribution is 2.28. The Kier molecular flexibility index (Phi) is 9.87. The topological polar surface area (TPSA) is 96.0 Å². The second-order valence-corrected chi connectivity index (χ2v) is 12.9. The maximum atomic E-state index is 14.0. The van der Waals surface area contributed by atoms with Crippen molar-refractivity contribution in [2.75, 3.05) is 18.0 Å². The lowest BCUT2D eigenvalue weighted by Crippen LogP contribution is -2.54. The van der Waals surface area contributed by atoms with Crippen LogP contribution in [0.3, 0.4) is 0 Å². The summed E-state index contributed by atoms with van der Waals surface area (Å²) >= 11 is 6.05. The van der Waals surface area contributed by atoms with Crippen LogP contribution >= 0.6 is 11.6 Å². The highest BCUT2D eigenvalue weighted by molar-refractivity contribution is 7.92. The normalized spacial score (nSPS) is 12.4. The molecule has 0 fully saturated rings. The molecule has 0 aliphatic heterocycles. The Labute approximate surface area is 241 Å². The lowest BCUT2D eigenvalue weighted by molar-refractivity contribution is -0.140. The fourth-order valence-corrected chi connectivity index (χ4v) is 5.51. The summed E-state index contributed by atoms with van der Waals surface area (Å²) in [4.78, 5) is 28.6. The molecular weight excluding hydrogens is 550 g/mol. The van der Waals surface area contributed by atoms with E-state index in [2.05, 4.69) is 5.32 Å². The molecule has 3 rings (SSSR count). The Morgan fingerprint density at radius 1 is 1.00 bits per heavy atom. The van der Waals surface area contributed by atoms with Gasteiger partial charge in [0.05, 0.1) is 17.7 Å². The van der Waals surface area contributed by atoms with Crippen LogP contribution in [0.5, 0.6) is 5.75 Å². The second-order valence-electron chi connectivity index (χ2n) is 10.6. The van der Waals surface area contributed by atoms with Gasteiger partial charge in [0.2, 0.25) is 11.8 Å². The number of sulfonamides is 1. The Morgan fingerprint density at radius 2 is 1.62 bits per heavy atom. The largest absolute Gasteiger partial charge is 0.497 e. The molecule has 40 heavy (non-hydrogen) atoms. The second kappa shape index (κ2) is 12.7. The molecule has 0 aliphatic carbocycles. The zero-order valence-corrected chi connectivity index (χ0v) is 25.2. The zero-order chi connectivity index (χ0) is 29.7. The first-order valence-electron chi connectivity index (χ1n) is 12.8. The van der Waals surface area contributed by atoms with Crippen molar-refractivity contribution in [3.63, 3.8) is 0 Å². The van der Waals surface area contributed by atoms with Gasteiger partial charge in [0.15, 0.2) is 0 Å². The number of aryl methyl sites for hydroxylation is 1. The maximum absolute atomic E-state index is 14.0. The van der Waals surface area contributed by atoms with Gasteiger partial charge in [-0.1, -0.05) is 47.5 Å². The van der Waals surface area contributed by atoms with E-state index in [0.29, 0.717) is 10.8 Å². The molecule has 214 valence electrons. The third-order valence-corrected chi connectivity index (χ3v) is 8.20. The Hall–Kier alpha value is -3.56. The predicted molar refractivity (Wildman–Crippen MR) is 158 cm³/mol. The van der Waals surface area contributed by atoms with E-state index in [9.17, 15) is 18.0 Å². The summed E-state index contributed by atoms with van der Waals surface area (Å²) in [5.74, 6) is -0.473. The maximum Gasteiger partial charge on any atom is 0.264 e. The first-order valence-corrected chi connectivity index (χ1v) is 14.6. The molecule has 2 amide bonds. The fourth-order valence-electron chi connectivity index (χ4n) is 3.97. The minimum atomic E-state index is -4.17. The van der Waals surface area contributed by atoms with Crippen LogP contribution in [0.15, 0.2) is 77.7 Å². The van der Waals surface area contributed by atoms with Crippen molar-refractivity contribution in [2.45, 2.75) is 57.6 Å². The minimum absolute atomic E-state index is 0.0384. The Balaban J connectivity index is 2.05. The van der Waals surface area contributed by atoms with E-state index in [1.165, 1.54) is 24.1 Å². The Morgan fingerprint density at radius 3 is 2.20 bits per heavy atom. The molecule has 0 saturated heterocycles. The molecular formula is C30H36ClN3O5S. The van der Waals surface area contributed by atoms with E-state index in [1.54, 1.807) is 67.6 Å². The third kappa shape index (κ3) is 7.99. The van der Waals surface area contributed by atoms with Gasteiger partial charge < -0.3 is 15.0 Å². The molecule has 1 N–H and O–H groups in total. The smallest absolute Gasteiger partial charge is 0.264 e. The highest BCUT2D eigenvalue weighted by atomic mass is 35.5. The number of halogens is 1. The molecule has 8 nitrogen and oxygen atoms in total. The van der Waals surface area contributed by atoms with Crippen LogP contribution in [0, 0.1) is 6.92 Å². The molecule has 3 aromatic carbocycles. The van der Waals surface area contributed by atoms with E-state index in [4.69, 9.17) is 16.3 Å². The quantitative estimate of drug-likeness (QED) is 0.353. The number of anilines is 1.